The quantitative estimate of drug-likeness (QED) is 0.803. The van der Waals surface area contributed by atoms with E-state index in [4.69, 9.17) is 0 Å². The van der Waals surface area contributed by atoms with E-state index in [0.717, 1.165) is 24.8 Å². The summed E-state index contributed by atoms with van der Waals surface area (Å²) in [6.45, 7) is 13.2. The number of sulfonamides is 1. The van der Waals surface area contributed by atoms with Gasteiger partial charge in [-0.05, 0) is 48.3 Å². The van der Waals surface area contributed by atoms with Gasteiger partial charge in [0.15, 0.2) is 0 Å². The first-order valence-electron chi connectivity index (χ1n) is 8.71. The first-order valence-corrected chi connectivity index (χ1v) is 10.2. The van der Waals surface area contributed by atoms with Gasteiger partial charge in [-0.2, -0.15) is 4.31 Å². The normalized spacial score (nSPS) is 20.9. The Morgan fingerprint density at radius 3 is 2.35 bits per heavy atom. The van der Waals surface area contributed by atoms with Gasteiger partial charge in [0, 0.05) is 12.6 Å². The molecule has 3 nitrogen and oxygen atoms in total. The smallest absolute Gasteiger partial charge is 0.207 e. The number of hydrogen-bond donors (Lipinski definition) is 0. The minimum absolute atomic E-state index is 0.0892. The molecule has 0 aromatic heterocycles. The molecule has 1 heterocycles. The van der Waals surface area contributed by atoms with Crippen molar-refractivity contribution in [1.29, 1.82) is 0 Å². The molecular formula is C19H31NO2S. The van der Waals surface area contributed by atoms with Gasteiger partial charge in [0.2, 0.25) is 10.0 Å². The van der Waals surface area contributed by atoms with Crippen LogP contribution in [-0.2, 0) is 15.4 Å². The van der Waals surface area contributed by atoms with E-state index in [9.17, 15) is 8.42 Å². The van der Waals surface area contributed by atoms with Crippen LogP contribution in [0.1, 0.15) is 77.8 Å². The monoisotopic (exact) mass is 337 g/mol. The van der Waals surface area contributed by atoms with Crippen molar-refractivity contribution in [3.05, 3.63) is 29.3 Å². The second-order valence-electron chi connectivity index (χ2n) is 8.12. The molecule has 4 heteroatoms. The molecule has 1 aliphatic rings. The average molecular weight is 338 g/mol. The van der Waals surface area contributed by atoms with E-state index in [2.05, 4.69) is 40.7 Å². The minimum Gasteiger partial charge on any atom is -0.207 e. The minimum atomic E-state index is -3.43. The molecule has 0 bridgehead atoms. The zero-order valence-electron chi connectivity index (χ0n) is 15.4. The fourth-order valence-corrected chi connectivity index (χ4v) is 5.36. The molecule has 130 valence electrons. The molecule has 0 aliphatic carbocycles. The highest BCUT2D eigenvalue weighted by molar-refractivity contribution is 7.89. The van der Waals surface area contributed by atoms with Crippen LogP contribution < -0.4 is 0 Å². The molecule has 0 amide bonds. The highest BCUT2D eigenvalue weighted by Gasteiger charge is 2.34. The lowest BCUT2D eigenvalue weighted by Crippen LogP contribution is -2.42. The van der Waals surface area contributed by atoms with Crippen LogP contribution in [0.4, 0.5) is 0 Å². The van der Waals surface area contributed by atoms with E-state index in [-0.39, 0.29) is 11.5 Å². The Morgan fingerprint density at radius 2 is 1.83 bits per heavy atom. The zero-order chi connectivity index (χ0) is 17.4. The molecule has 0 N–H and O–H groups in total. The fourth-order valence-electron chi connectivity index (χ4n) is 3.27. The second kappa shape index (κ2) is 6.56. The highest BCUT2D eigenvalue weighted by atomic mass is 32.2. The lowest BCUT2D eigenvalue weighted by molar-refractivity contribution is 0.268. The van der Waals surface area contributed by atoms with Crippen LogP contribution >= 0.6 is 0 Å². The van der Waals surface area contributed by atoms with Gasteiger partial charge in [0.05, 0.1) is 4.90 Å². The standard InChI is InChI=1S/C19H31NO2S/c1-14(2)16-10-11-18(17(13-16)19(4,5)6)23(21,22)20-12-8-7-9-15(20)3/h10-11,13-15H,7-9,12H2,1-6H3. The summed E-state index contributed by atoms with van der Waals surface area (Å²) in [6.07, 6.45) is 3.03. The Bertz CT molecular complexity index is 656. The van der Waals surface area contributed by atoms with Crippen molar-refractivity contribution < 1.29 is 8.42 Å². The van der Waals surface area contributed by atoms with E-state index in [1.807, 2.05) is 19.1 Å². The largest absolute Gasteiger partial charge is 0.243 e. The first-order chi connectivity index (χ1) is 10.5. The van der Waals surface area contributed by atoms with Crippen molar-refractivity contribution >= 4 is 10.0 Å². The predicted molar refractivity (Wildman–Crippen MR) is 96.4 cm³/mol. The molecule has 2 rings (SSSR count). The van der Waals surface area contributed by atoms with Gasteiger partial charge in [-0.15, -0.1) is 0 Å². The van der Waals surface area contributed by atoms with E-state index >= 15 is 0 Å². The summed E-state index contributed by atoms with van der Waals surface area (Å²) in [5.41, 5.74) is 1.92. The predicted octanol–water partition coefficient (Wildman–Crippen LogP) is 4.67. The molecule has 0 spiro atoms. The molecular weight excluding hydrogens is 306 g/mol. The molecule has 23 heavy (non-hydrogen) atoms. The van der Waals surface area contributed by atoms with Crippen molar-refractivity contribution in [2.24, 2.45) is 0 Å². The van der Waals surface area contributed by atoms with Gasteiger partial charge in [0.1, 0.15) is 0 Å². The second-order valence-corrected chi connectivity index (χ2v) is 9.98. The van der Waals surface area contributed by atoms with E-state index in [0.29, 0.717) is 17.4 Å². The Morgan fingerprint density at radius 1 is 1.17 bits per heavy atom. The molecule has 1 unspecified atom stereocenters. The van der Waals surface area contributed by atoms with Crippen LogP contribution in [-0.4, -0.2) is 25.3 Å². The molecule has 1 aromatic carbocycles. The maximum atomic E-state index is 13.3. The molecule has 1 fully saturated rings. The maximum Gasteiger partial charge on any atom is 0.243 e. The van der Waals surface area contributed by atoms with Crippen molar-refractivity contribution in [1.82, 2.24) is 4.31 Å². The van der Waals surface area contributed by atoms with E-state index in [1.54, 1.807) is 4.31 Å². The van der Waals surface area contributed by atoms with E-state index < -0.39 is 10.0 Å². The van der Waals surface area contributed by atoms with Crippen molar-refractivity contribution in [3.8, 4) is 0 Å². The molecule has 1 aromatic rings. The topological polar surface area (TPSA) is 37.4 Å². The average Bonchev–Trinajstić information content (AvgIpc) is 2.46. The third-order valence-electron chi connectivity index (χ3n) is 4.81. The van der Waals surface area contributed by atoms with Crippen LogP contribution in [0.2, 0.25) is 0 Å². The van der Waals surface area contributed by atoms with E-state index in [1.165, 1.54) is 5.56 Å². The lowest BCUT2D eigenvalue weighted by atomic mass is 9.85. The number of rotatable bonds is 3. The van der Waals surface area contributed by atoms with Gasteiger partial charge in [-0.1, -0.05) is 53.2 Å². The number of nitrogens with zero attached hydrogens (tertiary/aromatic N) is 1. The molecule has 1 atom stereocenters. The molecule has 0 saturated carbocycles. The Kier molecular flexibility index (Phi) is 5.27. The fraction of sp³-hybridized carbons (Fsp3) is 0.684. The first kappa shape index (κ1) is 18.5. The van der Waals surface area contributed by atoms with Crippen LogP contribution in [0, 0.1) is 0 Å². The summed E-state index contributed by atoms with van der Waals surface area (Å²) in [7, 11) is -3.43. The van der Waals surface area contributed by atoms with Gasteiger partial charge in [-0.25, -0.2) is 8.42 Å². The Hall–Kier alpha value is -0.870. The van der Waals surface area contributed by atoms with Gasteiger partial charge < -0.3 is 0 Å². The summed E-state index contributed by atoms with van der Waals surface area (Å²) in [6, 6.07) is 5.98. The number of hydrogen-bond acceptors (Lipinski definition) is 2. The molecule has 1 aliphatic heterocycles. The van der Waals surface area contributed by atoms with Gasteiger partial charge >= 0.3 is 0 Å². The third kappa shape index (κ3) is 3.80. The van der Waals surface area contributed by atoms with Crippen LogP contribution in [0.15, 0.2) is 23.1 Å². The summed E-state index contributed by atoms with van der Waals surface area (Å²) < 4.78 is 28.2. The van der Waals surface area contributed by atoms with Crippen molar-refractivity contribution in [2.75, 3.05) is 6.54 Å². The Balaban J connectivity index is 2.57. The maximum absolute atomic E-state index is 13.3. The van der Waals surface area contributed by atoms with Crippen LogP contribution in [0.3, 0.4) is 0 Å². The summed E-state index contributed by atoms with van der Waals surface area (Å²) >= 11 is 0. The summed E-state index contributed by atoms with van der Waals surface area (Å²) in [5, 5.41) is 0. The number of piperidine rings is 1. The van der Waals surface area contributed by atoms with Crippen LogP contribution in [0.5, 0.6) is 0 Å². The molecule has 0 radical (unpaired) electrons. The lowest BCUT2D eigenvalue weighted by Gasteiger charge is -2.34. The number of benzene rings is 1. The van der Waals surface area contributed by atoms with Crippen molar-refractivity contribution in [2.45, 2.75) is 83.1 Å². The Labute approximate surface area is 142 Å². The zero-order valence-corrected chi connectivity index (χ0v) is 16.2. The van der Waals surface area contributed by atoms with Crippen LogP contribution in [0.25, 0.3) is 0 Å². The van der Waals surface area contributed by atoms with Gasteiger partial charge in [0.25, 0.3) is 0 Å². The van der Waals surface area contributed by atoms with Gasteiger partial charge in [-0.3, -0.25) is 0 Å². The SMILES string of the molecule is CC(C)c1ccc(S(=O)(=O)N2CCCCC2C)c(C(C)(C)C)c1. The van der Waals surface area contributed by atoms with Crippen molar-refractivity contribution in [3.63, 3.8) is 0 Å². The third-order valence-corrected chi connectivity index (χ3v) is 6.88. The summed E-state index contributed by atoms with van der Waals surface area (Å²) in [4.78, 5) is 0.489. The molecule has 1 saturated heterocycles. The highest BCUT2D eigenvalue weighted by Crippen LogP contribution is 2.35. The summed E-state index contributed by atoms with van der Waals surface area (Å²) in [5.74, 6) is 0.391.